The number of benzene rings is 2. The highest BCUT2D eigenvalue weighted by molar-refractivity contribution is 9.10. The molecule has 0 unspecified atom stereocenters. The largest absolute Gasteiger partial charge is 0.357 e. The van der Waals surface area contributed by atoms with Crippen LogP contribution in [0.2, 0.25) is 0 Å². The molecule has 2 N–H and O–H groups in total. The number of hydrogen-bond acceptors (Lipinski definition) is 2. The molecule has 0 saturated heterocycles. The molecule has 0 saturated carbocycles. The van der Waals surface area contributed by atoms with Gasteiger partial charge in [-0.15, -0.1) is 0 Å². The lowest BCUT2D eigenvalue weighted by Gasteiger charge is -2.08. The fraction of sp³-hybridized carbons (Fsp3) is 0.125. The van der Waals surface area contributed by atoms with E-state index in [9.17, 15) is 14.4 Å². The Morgan fingerprint density at radius 1 is 1.14 bits per heavy atom. The maximum Gasteiger partial charge on any atom is 0.357 e. The zero-order valence-corrected chi connectivity index (χ0v) is 15.0. The monoisotopic (exact) mass is 398 g/mol. The van der Waals surface area contributed by atoms with Crippen molar-refractivity contribution in [1.82, 2.24) is 0 Å². The summed E-state index contributed by atoms with van der Waals surface area (Å²) in [5, 5.41) is 0.0326. The summed E-state index contributed by atoms with van der Waals surface area (Å²) in [6.07, 6.45) is 4.19. The summed E-state index contributed by atoms with van der Waals surface area (Å²) in [4.78, 5) is 18.4. The number of halogens is 1. The van der Waals surface area contributed by atoms with Crippen LogP contribution in [0.4, 0.5) is 0 Å². The van der Waals surface area contributed by atoms with E-state index in [0.717, 1.165) is 17.1 Å². The van der Waals surface area contributed by atoms with Gasteiger partial charge in [0.05, 0.1) is 5.30 Å². The predicted octanol–water partition coefficient (Wildman–Crippen LogP) is 4.20. The molecular weight excluding hydrogens is 383 g/mol. The second-order valence-corrected chi connectivity index (χ2v) is 8.11. The average molecular weight is 399 g/mol. The molecule has 0 aliphatic rings. The lowest BCUT2D eigenvalue weighted by atomic mass is 10.2. The van der Waals surface area contributed by atoms with Crippen molar-refractivity contribution < 1.29 is 14.4 Å². The van der Waals surface area contributed by atoms with Crippen LogP contribution >= 0.6 is 35.3 Å². The topological polar surface area (TPSA) is 57.5 Å². The highest BCUT2D eigenvalue weighted by atomic mass is 79.9. The molecule has 0 fully saturated rings. The van der Waals surface area contributed by atoms with E-state index in [1.807, 2.05) is 18.2 Å². The first kappa shape index (κ1) is 17.5. The van der Waals surface area contributed by atoms with Crippen LogP contribution < -0.4 is 5.30 Å². The minimum Gasteiger partial charge on any atom is -0.321 e. The van der Waals surface area contributed by atoms with Gasteiger partial charge < -0.3 is 9.79 Å². The average Bonchev–Trinajstić information content (AvgIpc) is 2.47. The van der Waals surface area contributed by atoms with E-state index >= 15 is 0 Å². The first-order valence-corrected chi connectivity index (χ1v) is 10.2. The van der Waals surface area contributed by atoms with Crippen molar-refractivity contribution in [2.24, 2.45) is 0 Å². The lowest BCUT2D eigenvalue weighted by Crippen LogP contribution is -2.06. The molecule has 3 nitrogen and oxygen atoms in total. The van der Waals surface area contributed by atoms with Gasteiger partial charge in [0.1, 0.15) is 0 Å². The van der Waals surface area contributed by atoms with Crippen molar-refractivity contribution >= 4 is 46.7 Å². The van der Waals surface area contributed by atoms with E-state index in [1.165, 1.54) is 11.6 Å². The van der Waals surface area contributed by atoms with Gasteiger partial charge >= 0.3 is 7.60 Å². The molecule has 0 bridgehead atoms. The second-order valence-electron chi connectivity index (χ2n) is 4.66. The highest BCUT2D eigenvalue weighted by Gasteiger charge is 2.20. The minimum atomic E-state index is -4.21. The van der Waals surface area contributed by atoms with Crippen LogP contribution in [0.1, 0.15) is 11.1 Å². The molecule has 0 aliphatic heterocycles. The van der Waals surface area contributed by atoms with Gasteiger partial charge in [-0.25, -0.2) is 0 Å². The molecular formula is C16H16BrO3PS. The lowest BCUT2D eigenvalue weighted by molar-refractivity contribution is 0.387. The summed E-state index contributed by atoms with van der Waals surface area (Å²) in [7, 11) is -4.21. The second kappa shape index (κ2) is 8.14. The van der Waals surface area contributed by atoms with Gasteiger partial charge in [-0.05, 0) is 39.2 Å². The third-order valence-electron chi connectivity index (χ3n) is 2.92. The summed E-state index contributed by atoms with van der Waals surface area (Å²) < 4.78 is 11.7. The van der Waals surface area contributed by atoms with Gasteiger partial charge in [-0.1, -0.05) is 48.6 Å². The van der Waals surface area contributed by atoms with Gasteiger partial charge in [0, 0.05) is 16.0 Å². The van der Waals surface area contributed by atoms with Crippen LogP contribution in [0.15, 0.2) is 59.1 Å². The SMILES string of the molecule is O=P(O)(O)c1ccc(CSC/C=C/c2ccccc2)cc1Br. The van der Waals surface area contributed by atoms with E-state index < -0.39 is 7.60 Å². The Hall–Kier alpha value is -0.840. The van der Waals surface area contributed by atoms with Crippen molar-refractivity contribution in [1.29, 1.82) is 0 Å². The minimum absolute atomic E-state index is 0.0326. The summed E-state index contributed by atoms with van der Waals surface area (Å²) in [6.45, 7) is 0. The number of hydrogen-bond donors (Lipinski definition) is 2. The zero-order valence-electron chi connectivity index (χ0n) is 11.7. The first-order valence-electron chi connectivity index (χ1n) is 6.61. The van der Waals surface area contributed by atoms with Crippen molar-refractivity contribution in [3.63, 3.8) is 0 Å². The van der Waals surface area contributed by atoms with Gasteiger partial charge in [-0.3, -0.25) is 4.57 Å². The van der Waals surface area contributed by atoms with E-state index in [1.54, 1.807) is 23.9 Å². The molecule has 2 aromatic rings. The summed E-state index contributed by atoms with van der Waals surface area (Å²) in [5.74, 6) is 1.67. The summed E-state index contributed by atoms with van der Waals surface area (Å²) in [5.41, 5.74) is 2.21. The van der Waals surface area contributed by atoms with Gasteiger partial charge in [-0.2, -0.15) is 11.8 Å². The first-order chi connectivity index (χ1) is 10.5. The molecule has 6 heteroatoms. The fourth-order valence-corrected chi connectivity index (χ4v) is 4.37. The Balaban J connectivity index is 1.86. The molecule has 116 valence electrons. The zero-order chi connectivity index (χ0) is 16.0. The Morgan fingerprint density at radius 2 is 1.86 bits per heavy atom. The predicted molar refractivity (Wildman–Crippen MR) is 97.5 cm³/mol. The van der Waals surface area contributed by atoms with Crippen molar-refractivity contribution in [3.8, 4) is 0 Å². The summed E-state index contributed by atoms with van der Waals surface area (Å²) in [6, 6.07) is 15.1. The van der Waals surface area contributed by atoms with Crippen LogP contribution in [0, 0.1) is 0 Å². The number of thioether (sulfide) groups is 1. The van der Waals surface area contributed by atoms with Crippen LogP contribution in [0.5, 0.6) is 0 Å². The standard InChI is InChI=1S/C16H16BrO3PS/c17-15-11-14(8-9-16(15)21(18,19)20)12-22-10-4-7-13-5-2-1-3-6-13/h1-9,11H,10,12H2,(H2,18,19,20)/b7-4+. The van der Waals surface area contributed by atoms with Crippen molar-refractivity contribution in [2.45, 2.75) is 5.75 Å². The summed E-state index contributed by atoms with van der Waals surface area (Å²) >= 11 is 4.97. The quantitative estimate of drug-likeness (QED) is 0.565. The Kier molecular flexibility index (Phi) is 6.48. The maximum atomic E-state index is 11.2. The Labute approximate surface area is 142 Å². The van der Waals surface area contributed by atoms with Crippen LogP contribution in [-0.4, -0.2) is 15.5 Å². The normalized spacial score (nSPS) is 12.0. The molecule has 2 aromatic carbocycles. The molecule has 0 heterocycles. The fourth-order valence-electron chi connectivity index (χ4n) is 1.87. The molecule has 0 amide bonds. The molecule has 0 atom stereocenters. The third-order valence-corrected chi connectivity index (χ3v) is 5.86. The molecule has 0 aromatic heterocycles. The molecule has 0 spiro atoms. The Morgan fingerprint density at radius 3 is 2.50 bits per heavy atom. The van der Waals surface area contributed by atoms with Crippen LogP contribution in [0.3, 0.4) is 0 Å². The highest BCUT2D eigenvalue weighted by Crippen LogP contribution is 2.36. The van der Waals surface area contributed by atoms with Crippen LogP contribution in [0.25, 0.3) is 6.08 Å². The molecule has 2 rings (SSSR count). The van der Waals surface area contributed by atoms with E-state index in [-0.39, 0.29) is 5.30 Å². The van der Waals surface area contributed by atoms with Crippen molar-refractivity contribution in [2.75, 3.05) is 5.75 Å². The smallest absolute Gasteiger partial charge is 0.321 e. The van der Waals surface area contributed by atoms with Gasteiger partial charge in [0.25, 0.3) is 0 Å². The van der Waals surface area contributed by atoms with Crippen molar-refractivity contribution in [3.05, 3.63) is 70.2 Å². The molecule has 0 radical (unpaired) electrons. The number of rotatable bonds is 6. The van der Waals surface area contributed by atoms with Gasteiger partial charge in [0.2, 0.25) is 0 Å². The third kappa shape index (κ3) is 5.41. The maximum absolute atomic E-state index is 11.2. The molecule has 0 aliphatic carbocycles. The van der Waals surface area contributed by atoms with E-state index in [0.29, 0.717) is 4.47 Å². The Bertz CT molecular complexity index is 698. The molecule has 22 heavy (non-hydrogen) atoms. The van der Waals surface area contributed by atoms with Gasteiger partial charge in [0.15, 0.2) is 0 Å². The van der Waals surface area contributed by atoms with E-state index in [4.69, 9.17) is 0 Å². The van der Waals surface area contributed by atoms with Crippen LogP contribution in [-0.2, 0) is 10.3 Å². The van der Waals surface area contributed by atoms with E-state index in [2.05, 4.69) is 40.2 Å².